The van der Waals surface area contributed by atoms with Crippen LogP contribution in [-0.2, 0) is 6.54 Å². The molecule has 92 valence electrons. The van der Waals surface area contributed by atoms with Crippen LogP contribution in [0.2, 0.25) is 0 Å². The Morgan fingerprint density at radius 1 is 1.19 bits per heavy atom. The lowest BCUT2D eigenvalue weighted by Gasteiger charge is -2.09. The Morgan fingerprint density at radius 3 is 2.56 bits per heavy atom. The van der Waals surface area contributed by atoms with E-state index in [-0.39, 0.29) is 0 Å². The maximum absolute atomic E-state index is 4.16. The predicted octanol–water partition coefficient (Wildman–Crippen LogP) is 1.75. The van der Waals surface area contributed by atoms with Crippen molar-refractivity contribution in [2.75, 3.05) is 13.1 Å². The lowest BCUT2D eigenvalue weighted by atomic mass is 10.1. The van der Waals surface area contributed by atoms with Gasteiger partial charge in [0.25, 0.3) is 0 Å². The third-order valence-electron chi connectivity index (χ3n) is 2.27. The molecule has 4 nitrogen and oxygen atoms in total. The fourth-order valence-corrected chi connectivity index (χ4v) is 2.19. The lowest BCUT2D eigenvalue weighted by Crippen LogP contribution is -2.31. The maximum atomic E-state index is 4.16. The standard InChI is InChI=1S/C11H22N4S/c1-8(2)11-10(16-15-14-11)7-12-5-6-13-9(3)4/h8-9,12-13H,5-7H2,1-4H3. The minimum absolute atomic E-state index is 0.462. The van der Waals surface area contributed by atoms with Crippen LogP contribution in [0.5, 0.6) is 0 Å². The zero-order valence-electron chi connectivity index (χ0n) is 10.6. The average molecular weight is 242 g/mol. The monoisotopic (exact) mass is 242 g/mol. The summed E-state index contributed by atoms with van der Waals surface area (Å²) in [6.45, 7) is 11.5. The highest BCUT2D eigenvalue weighted by atomic mass is 32.1. The quantitative estimate of drug-likeness (QED) is 0.715. The first-order chi connectivity index (χ1) is 7.61. The van der Waals surface area contributed by atoms with E-state index in [0.717, 1.165) is 25.3 Å². The normalized spacial score (nSPS) is 11.6. The molecule has 2 N–H and O–H groups in total. The first kappa shape index (κ1) is 13.5. The van der Waals surface area contributed by atoms with Crippen LogP contribution in [0.4, 0.5) is 0 Å². The summed E-state index contributed by atoms with van der Waals surface area (Å²) in [7, 11) is 0. The molecular formula is C11H22N4S. The summed E-state index contributed by atoms with van der Waals surface area (Å²) in [6.07, 6.45) is 0. The summed E-state index contributed by atoms with van der Waals surface area (Å²) in [5.74, 6) is 0.462. The highest BCUT2D eigenvalue weighted by Crippen LogP contribution is 2.18. The van der Waals surface area contributed by atoms with Crippen LogP contribution in [-0.4, -0.2) is 28.7 Å². The van der Waals surface area contributed by atoms with Gasteiger partial charge in [-0.1, -0.05) is 32.2 Å². The first-order valence-corrected chi connectivity index (χ1v) is 6.63. The van der Waals surface area contributed by atoms with Crippen LogP contribution in [0.3, 0.4) is 0 Å². The van der Waals surface area contributed by atoms with Gasteiger partial charge < -0.3 is 10.6 Å². The van der Waals surface area contributed by atoms with Crippen molar-refractivity contribution in [3.63, 3.8) is 0 Å². The molecule has 0 unspecified atom stereocenters. The van der Waals surface area contributed by atoms with Crippen molar-refractivity contribution in [1.82, 2.24) is 20.2 Å². The van der Waals surface area contributed by atoms with Crippen molar-refractivity contribution in [2.24, 2.45) is 0 Å². The molecule has 0 saturated heterocycles. The lowest BCUT2D eigenvalue weighted by molar-refractivity contribution is 0.555. The van der Waals surface area contributed by atoms with Gasteiger partial charge in [0.1, 0.15) is 0 Å². The fourth-order valence-electron chi connectivity index (χ4n) is 1.43. The van der Waals surface area contributed by atoms with E-state index in [9.17, 15) is 0 Å². The summed E-state index contributed by atoms with van der Waals surface area (Å²) in [5.41, 5.74) is 1.13. The molecule has 0 spiro atoms. The molecule has 1 aromatic rings. The zero-order chi connectivity index (χ0) is 12.0. The molecule has 1 aromatic heterocycles. The van der Waals surface area contributed by atoms with Crippen molar-refractivity contribution in [3.05, 3.63) is 10.6 Å². The molecule has 5 heteroatoms. The Kier molecular flexibility index (Phi) is 5.87. The van der Waals surface area contributed by atoms with E-state index in [1.807, 2.05) is 0 Å². The second kappa shape index (κ2) is 6.93. The third-order valence-corrected chi connectivity index (χ3v) is 3.01. The van der Waals surface area contributed by atoms with Crippen molar-refractivity contribution < 1.29 is 0 Å². The van der Waals surface area contributed by atoms with Gasteiger partial charge >= 0.3 is 0 Å². The highest BCUT2D eigenvalue weighted by Gasteiger charge is 2.10. The summed E-state index contributed by atoms with van der Waals surface area (Å²) < 4.78 is 4.01. The number of nitrogens with zero attached hydrogens (tertiary/aromatic N) is 2. The van der Waals surface area contributed by atoms with Crippen molar-refractivity contribution in [3.8, 4) is 0 Å². The van der Waals surface area contributed by atoms with Gasteiger partial charge in [-0.05, 0) is 17.5 Å². The van der Waals surface area contributed by atoms with Gasteiger partial charge in [0.05, 0.1) is 10.6 Å². The van der Waals surface area contributed by atoms with Gasteiger partial charge in [0.2, 0.25) is 0 Å². The number of hydrogen-bond acceptors (Lipinski definition) is 5. The highest BCUT2D eigenvalue weighted by molar-refractivity contribution is 7.05. The minimum Gasteiger partial charge on any atom is -0.313 e. The van der Waals surface area contributed by atoms with Gasteiger partial charge in [-0.3, -0.25) is 0 Å². The maximum Gasteiger partial charge on any atom is 0.0826 e. The Bertz CT molecular complexity index is 296. The Hall–Kier alpha value is -0.520. The van der Waals surface area contributed by atoms with Crippen LogP contribution < -0.4 is 10.6 Å². The Labute approximate surface area is 102 Å². The second-order valence-corrected chi connectivity index (χ2v) is 5.36. The SMILES string of the molecule is CC(C)NCCNCc1snnc1C(C)C. The summed E-state index contributed by atoms with van der Waals surface area (Å²) >= 11 is 1.50. The smallest absolute Gasteiger partial charge is 0.0826 e. The molecule has 1 heterocycles. The van der Waals surface area contributed by atoms with E-state index >= 15 is 0 Å². The van der Waals surface area contributed by atoms with Crippen LogP contribution in [0.25, 0.3) is 0 Å². The minimum atomic E-state index is 0.462. The largest absolute Gasteiger partial charge is 0.313 e. The molecule has 0 radical (unpaired) electrons. The molecule has 0 aliphatic rings. The van der Waals surface area contributed by atoms with Gasteiger partial charge in [0.15, 0.2) is 0 Å². The van der Waals surface area contributed by atoms with Crippen LogP contribution in [0.1, 0.15) is 44.2 Å². The van der Waals surface area contributed by atoms with Crippen molar-refractivity contribution in [1.29, 1.82) is 0 Å². The fraction of sp³-hybridized carbons (Fsp3) is 0.818. The number of nitrogens with one attached hydrogen (secondary N) is 2. The molecule has 0 saturated carbocycles. The second-order valence-electron chi connectivity index (χ2n) is 4.52. The number of rotatable bonds is 7. The van der Waals surface area contributed by atoms with Gasteiger partial charge in [0, 0.05) is 25.7 Å². The van der Waals surface area contributed by atoms with Gasteiger partial charge in [-0.25, -0.2) is 0 Å². The van der Waals surface area contributed by atoms with Crippen LogP contribution in [0, 0.1) is 0 Å². The average Bonchev–Trinajstić information content (AvgIpc) is 2.65. The summed E-state index contributed by atoms with van der Waals surface area (Å²) in [4.78, 5) is 1.26. The van der Waals surface area contributed by atoms with E-state index < -0.39 is 0 Å². The van der Waals surface area contributed by atoms with Crippen molar-refractivity contribution in [2.45, 2.75) is 46.2 Å². The van der Waals surface area contributed by atoms with Gasteiger partial charge in [-0.15, -0.1) is 5.10 Å². The molecule has 0 aromatic carbocycles. The summed E-state index contributed by atoms with van der Waals surface area (Å²) in [6, 6.07) is 0.554. The molecule has 0 bridgehead atoms. The van der Waals surface area contributed by atoms with Crippen molar-refractivity contribution >= 4 is 11.5 Å². The molecular weight excluding hydrogens is 220 g/mol. The predicted molar refractivity (Wildman–Crippen MR) is 68.8 cm³/mol. The molecule has 0 aliphatic carbocycles. The van der Waals surface area contributed by atoms with E-state index in [1.165, 1.54) is 16.4 Å². The zero-order valence-corrected chi connectivity index (χ0v) is 11.4. The van der Waals surface area contributed by atoms with Crippen LogP contribution in [0.15, 0.2) is 0 Å². The van der Waals surface area contributed by atoms with Gasteiger partial charge in [-0.2, -0.15) is 0 Å². The molecule has 0 fully saturated rings. The molecule has 1 rings (SSSR count). The number of aromatic nitrogens is 2. The molecule has 0 aliphatic heterocycles. The Balaban J connectivity index is 2.24. The topological polar surface area (TPSA) is 49.8 Å². The van der Waals surface area contributed by atoms with E-state index in [4.69, 9.17) is 0 Å². The summed E-state index contributed by atoms with van der Waals surface area (Å²) in [5, 5.41) is 10.9. The van der Waals surface area contributed by atoms with E-state index in [1.54, 1.807) is 0 Å². The first-order valence-electron chi connectivity index (χ1n) is 5.86. The van der Waals surface area contributed by atoms with Crippen LogP contribution >= 0.6 is 11.5 Å². The molecule has 0 atom stereocenters. The van der Waals surface area contributed by atoms with E-state index in [2.05, 4.69) is 47.9 Å². The Morgan fingerprint density at radius 2 is 1.94 bits per heavy atom. The third kappa shape index (κ3) is 4.55. The number of hydrogen-bond donors (Lipinski definition) is 2. The molecule has 16 heavy (non-hydrogen) atoms. The van der Waals surface area contributed by atoms with E-state index in [0.29, 0.717) is 12.0 Å². The molecule has 0 amide bonds.